The van der Waals surface area contributed by atoms with E-state index < -0.39 is 0 Å². The Morgan fingerprint density at radius 1 is 0.947 bits per heavy atom. The van der Waals surface area contributed by atoms with Gasteiger partial charge in [-0.2, -0.15) is 0 Å². The number of hydrogen-bond acceptors (Lipinski definition) is 1. The van der Waals surface area contributed by atoms with E-state index in [0.717, 1.165) is 21.5 Å². The maximum Gasteiger partial charge on any atom is 0.174 e. The SMILES string of the molecule is O=C(CBr)c1cc2c(Cl)cccc2c2ccccc12. The predicted molar refractivity (Wildman–Crippen MR) is 84.6 cm³/mol. The van der Waals surface area contributed by atoms with Gasteiger partial charge in [-0.05, 0) is 28.3 Å². The van der Waals surface area contributed by atoms with Crippen molar-refractivity contribution >= 4 is 54.9 Å². The molecule has 1 nitrogen and oxygen atoms in total. The normalized spacial score (nSPS) is 11.1. The number of carbonyl (C=O) groups is 1. The van der Waals surface area contributed by atoms with Gasteiger partial charge in [-0.1, -0.05) is 63.9 Å². The summed E-state index contributed by atoms with van der Waals surface area (Å²) in [7, 11) is 0. The zero-order valence-electron chi connectivity index (χ0n) is 9.99. The predicted octanol–water partition coefficient (Wildman–Crippen LogP) is 5.22. The molecule has 3 rings (SSSR count). The summed E-state index contributed by atoms with van der Waals surface area (Å²) in [5, 5.41) is 5.02. The van der Waals surface area contributed by atoms with Crippen molar-refractivity contribution in [2.45, 2.75) is 0 Å². The average molecular weight is 334 g/mol. The van der Waals surface area contributed by atoms with Crippen molar-refractivity contribution < 1.29 is 4.79 Å². The Kier molecular flexibility index (Phi) is 3.29. The monoisotopic (exact) mass is 332 g/mol. The van der Waals surface area contributed by atoms with Crippen LogP contribution >= 0.6 is 27.5 Å². The quantitative estimate of drug-likeness (QED) is 0.357. The highest BCUT2D eigenvalue weighted by Crippen LogP contribution is 2.33. The summed E-state index contributed by atoms with van der Waals surface area (Å²) in [5.74, 6) is 0.0676. The van der Waals surface area contributed by atoms with Crippen molar-refractivity contribution in [3.05, 3.63) is 59.1 Å². The van der Waals surface area contributed by atoms with Crippen LogP contribution < -0.4 is 0 Å². The first-order chi connectivity index (χ1) is 9.22. The molecule has 0 radical (unpaired) electrons. The van der Waals surface area contributed by atoms with Crippen LogP contribution in [-0.4, -0.2) is 11.1 Å². The number of halogens is 2. The van der Waals surface area contributed by atoms with Gasteiger partial charge in [0.2, 0.25) is 0 Å². The van der Waals surface area contributed by atoms with Crippen LogP contribution in [0.5, 0.6) is 0 Å². The molecule has 0 atom stereocenters. The number of Topliss-reactive ketones (excluding diaryl/α,β-unsaturated/α-hetero) is 1. The lowest BCUT2D eigenvalue weighted by Crippen LogP contribution is -2.01. The molecule has 3 heteroatoms. The largest absolute Gasteiger partial charge is 0.293 e. The van der Waals surface area contributed by atoms with Crippen molar-refractivity contribution in [1.29, 1.82) is 0 Å². The Hall–Kier alpha value is -1.38. The van der Waals surface area contributed by atoms with E-state index in [4.69, 9.17) is 11.6 Å². The number of fused-ring (bicyclic) bond motifs is 3. The maximum atomic E-state index is 12.1. The highest BCUT2D eigenvalue weighted by atomic mass is 79.9. The third-order valence-corrected chi connectivity index (χ3v) is 4.11. The third-order valence-electron chi connectivity index (χ3n) is 3.27. The summed E-state index contributed by atoms with van der Waals surface area (Å²) >= 11 is 9.49. The Balaban J connectivity index is 2.54. The molecular weight excluding hydrogens is 324 g/mol. The van der Waals surface area contributed by atoms with Crippen LogP contribution in [0.4, 0.5) is 0 Å². The first kappa shape index (κ1) is 12.6. The number of alkyl halides is 1. The van der Waals surface area contributed by atoms with E-state index in [1.165, 1.54) is 0 Å². The lowest BCUT2D eigenvalue weighted by atomic mass is 9.95. The highest BCUT2D eigenvalue weighted by molar-refractivity contribution is 9.09. The van der Waals surface area contributed by atoms with Crippen LogP contribution in [0.1, 0.15) is 10.4 Å². The summed E-state index contributed by atoms with van der Waals surface area (Å²) in [4.78, 5) is 12.1. The maximum absolute atomic E-state index is 12.1. The molecule has 0 aliphatic rings. The minimum atomic E-state index is 0.0676. The molecular formula is C16H10BrClO. The van der Waals surface area contributed by atoms with Crippen molar-refractivity contribution in [3.63, 3.8) is 0 Å². The lowest BCUT2D eigenvalue weighted by molar-refractivity contribution is 0.102. The molecule has 0 saturated carbocycles. The Morgan fingerprint density at radius 2 is 1.58 bits per heavy atom. The first-order valence-corrected chi connectivity index (χ1v) is 7.41. The number of rotatable bonds is 2. The van der Waals surface area contributed by atoms with E-state index in [1.54, 1.807) is 0 Å². The number of benzene rings is 3. The Bertz CT molecular complexity index is 795. The zero-order chi connectivity index (χ0) is 13.4. The molecule has 3 aromatic carbocycles. The topological polar surface area (TPSA) is 17.1 Å². The number of carbonyl (C=O) groups excluding carboxylic acids is 1. The van der Waals surface area contributed by atoms with Crippen molar-refractivity contribution in [1.82, 2.24) is 0 Å². The fourth-order valence-corrected chi connectivity index (χ4v) is 2.93. The molecule has 0 N–H and O–H groups in total. The van der Waals surface area contributed by atoms with Crippen LogP contribution in [0.25, 0.3) is 21.5 Å². The Labute approximate surface area is 124 Å². The van der Waals surface area contributed by atoms with Gasteiger partial charge < -0.3 is 0 Å². The molecule has 19 heavy (non-hydrogen) atoms. The molecule has 0 saturated heterocycles. The molecule has 0 bridgehead atoms. The van der Waals surface area contributed by atoms with Gasteiger partial charge in [0.25, 0.3) is 0 Å². The molecule has 0 amide bonds. The summed E-state index contributed by atoms with van der Waals surface area (Å²) in [6.45, 7) is 0. The number of hydrogen-bond donors (Lipinski definition) is 0. The molecule has 94 valence electrons. The highest BCUT2D eigenvalue weighted by Gasteiger charge is 2.12. The minimum Gasteiger partial charge on any atom is -0.293 e. The molecule has 0 spiro atoms. The summed E-state index contributed by atoms with van der Waals surface area (Å²) in [6, 6.07) is 15.6. The summed E-state index contributed by atoms with van der Waals surface area (Å²) in [6.07, 6.45) is 0. The lowest BCUT2D eigenvalue weighted by Gasteiger charge is -2.10. The molecule has 0 unspecified atom stereocenters. The zero-order valence-corrected chi connectivity index (χ0v) is 12.3. The Morgan fingerprint density at radius 3 is 2.32 bits per heavy atom. The van der Waals surface area contributed by atoms with Gasteiger partial charge >= 0.3 is 0 Å². The van der Waals surface area contributed by atoms with E-state index >= 15 is 0 Å². The van der Waals surface area contributed by atoms with Gasteiger partial charge in [0, 0.05) is 16.0 Å². The number of ketones is 1. The molecule has 0 heterocycles. The van der Waals surface area contributed by atoms with Gasteiger partial charge in [0.05, 0.1) is 5.33 Å². The molecule has 3 aromatic rings. The van der Waals surface area contributed by atoms with Gasteiger partial charge in [-0.15, -0.1) is 0 Å². The second-order valence-electron chi connectivity index (χ2n) is 4.36. The third kappa shape index (κ3) is 2.05. The average Bonchev–Trinajstić information content (AvgIpc) is 2.46. The standard InChI is InChI=1S/C16H10BrClO/c17-9-16(19)14-8-13-11(6-3-7-15(13)18)10-4-1-2-5-12(10)14/h1-8H,9H2. The minimum absolute atomic E-state index is 0.0676. The van der Waals surface area contributed by atoms with Crippen LogP contribution in [-0.2, 0) is 0 Å². The molecule has 0 aromatic heterocycles. The van der Waals surface area contributed by atoms with Crippen LogP contribution in [0.3, 0.4) is 0 Å². The molecule has 0 aliphatic carbocycles. The van der Waals surface area contributed by atoms with Crippen molar-refractivity contribution in [3.8, 4) is 0 Å². The van der Waals surface area contributed by atoms with E-state index in [9.17, 15) is 4.79 Å². The van der Waals surface area contributed by atoms with E-state index in [-0.39, 0.29) is 5.78 Å². The van der Waals surface area contributed by atoms with E-state index in [1.807, 2.05) is 48.5 Å². The second-order valence-corrected chi connectivity index (χ2v) is 5.33. The van der Waals surface area contributed by atoms with Crippen molar-refractivity contribution in [2.24, 2.45) is 0 Å². The van der Waals surface area contributed by atoms with Gasteiger partial charge in [-0.25, -0.2) is 0 Å². The first-order valence-electron chi connectivity index (χ1n) is 5.91. The van der Waals surface area contributed by atoms with Crippen LogP contribution in [0.15, 0.2) is 48.5 Å². The summed E-state index contributed by atoms with van der Waals surface area (Å²) in [5.41, 5.74) is 0.716. The van der Waals surface area contributed by atoms with Gasteiger partial charge in [-0.3, -0.25) is 4.79 Å². The second kappa shape index (κ2) is 4.95. The van der Waals surface area contributed by atoms with E-state index in [0.29, 0.717) is 15.9 Å². The van der Waals surface area contributed by atoms with Crippen LogP contribution in [0.2, 0.25) is 5.02 Å². The van der Waals surface area contributed by atoms with Gasteiger partial charge in [0.15, 0.2) is 5.78 Å². The van der Waals surface area contributed by atoms with E-state index in [2.05, 4.69) is 15.9 Å². The molecule has 0 aliphatic heterocycles. The fourth-order valence-electron chi connectivity index (χ4n) is 2.40. The smallest absolute Gasteiger partial charge is 0.174 e. The van der Waals surface area contributed by atoms with Crippen LogP contribution in [0, 0.1) is 0 Å². The van der Waals surface area contributed by atoms with Gasteiger partial charge in [0.1, 0.15) is 0 Å². The summed E-state index contributed by atoms with van der Waals surface area (Å²) < 4.78 is 0. The molecule has 0 fully saturated rings. The van der Waals surface area contributed by atoms with Crippen molar-refractivity contribution in [2.75, 3.05) is 5.33 Å². The fraction of sp³-hybridized carbons (Fsp3) is 0.0625.